The molecule has 0 spiro atoms. The van der Waals surface area contributed by atoms with E-state index in [0.29, 0.717) is 16.9 Å². The summed E-state index contributed by atoms with van der Waals surface area (Å²) >= 11 is 0. The Balaban J connectivity index is 2.40. The van der Waals surface area contributed by atoms with Gasteiger partial charge in [-0.05, 0) is 25.3 Å². The topological polar surface area (TPSA) is 46.6 Å². The van der Waals surface area contributed by atoms with Crippen LogP contribution in [0.2, 0.25) is 0 Å². The summed E-state index contributed by atoms with van der Waals surface area (Å²) in [6, 6.07) is 8.68. The lowest BCUT2D eigenvalue weighted by molar-refractivity contribution is -0.193. The predicted molar refractivity (Wildman–Crippen MR) is 76.5 cm³/mol. The quantitative estimate of drug-likeness (QED) is 0.798. The fourth-order valence-corrected chi connectivity index (χ4v) is 2.99. The molecule has 2 rings (SSSR count). The van der Waals surface area contributed by atoms with Crippen LogP contribution in [0, 0.1) is 0 Å². The van der Waals surface area contributed by atoms with Gasteiger partial charge in [0.1, 0.15) is 5.54 Å². The molecule has 0 unspecified atom stereocenters. The number of carbonyl (C=O) groups excluding carboxylic acids is 2. The van der Waals surface area contributed by atoms with Gasteiger partial charge >= 0.3 is 18.1 Å². The molecule has 7 heteroatoms. The second-order valence-corrected chi connectivity index (χ2v) is 5.47. The molecule has 1 atom stereocenters. The third kappa shape index (κ3) is 3.48. The maximum Gasteiger partial charge on any atom is 0.471 e. The fourth-order valence-electron chi connectivity index (χ4n) is 2.99. The molecule has 23 heavy (non-hydrogen) atoms. The average Bonchev–Trinajstić information content (AvgIpc) is 2.91. The molecule has 126 valence electrons. The maximum atomic E-state index is 12.9. The second-order valence-electron chi connectivity index (χ2n) is 5.47. The van der Waals surface area contributed by atoms with E-state index in [9.17, 15) is 22.8 Å². The van der Waals surface area contributed by atoms with Crippen molar-refractivity contribution in [1.29, 1.82) is 0 Å². The minimum atomic E-state index is -5.02. The summed E-state index contributed by atoms with van der Waals surface area (Å²) in [6.45, 7) is 1.52. The highest BCUT2D eigenvalue weighted by Gasteiger charge is 2.56. The molecule has 1 saturated heterocycles. The minimum Gasteiger partial charge on any atom is -0.464 e. The standard InChI is InChI=1S/C16H18F3NO3/c1-2-23-14(22)15(11-12-7-4-3-5-8-12)9-6-10-20(15)13(21)16(17,18)19/h3-5,7-8H,2,6,9-11H2,1H3/t15-/m1/s1. The number of rotatable bonds is 4. The van der Waals surface area contributed by atoms with Crippen LogP contribution in [0.15, 0.2) is 30.3 Å². The molecule has 0 N–H and O–H groups in total. The van der Waals surface area contributed by atoms with Gasteiger partial charge in [0, 0.05) is 13.0 Å². The molecule has 0 bridgehead atoms. The monoisotopic (exact) mass is 329 g/mol. The number of carbonyl (C=O) groups is 2. The highest BCUT2D eigenvalue weighted by atomic mass is 19.4. The summed E-state index contributed by atoms with van der Waals surface area (Å²) in [5.41, 5.74) is -0.910. The number of ether oxygens (including phenoxy) is 1. The van der Waals surface area contributed by atoms with Crippen molar-refractivity contribution >= 4 is 11.9 Å². The maximum absolute atomic E-state index is 12.9. The number of hydrogen-bond donors (Lipinski definition) is 0. The molecule has 1 aromatic carbocycles. The highest BCUT2D eigenvalue weighted by molar-refractivity contribution is 5.91. The van der Waals surface area contributed by atoms with Crippen molar-refractivity contribution in [1.82, 2.24) is 4.90 Å². The molecular weight excluding hydrogens is 311 g/mol. The SMILES string of the molecule is CCOC(=O)[C@]1(Cc2ccccc2)CCCN1C(=O)C(F)(F)F. The zero-order valence-electron chi connectivity index (χ0n) is 12.7. The van der Waals surface area contributed by atoms with Crippen LogP contribution in [0.4, 0.5) is 13.2 Å². The Morgan fingerprint density at radius 2 is 1.91 bits per heavy atom. The molecule has 1 amide bonds. The van der Waals surface area contributed by atoms with E-state index in [0.717, 1.165) is 0 Å². The number of benzene rings is 1. The fraction of sp³-hybridized carbons (Fsp3) is 0.500. The van der Waals surface area contributed by atoms with E-state index in [2.05, 4.69) is 0 Å². The van der Waals surface area contributed by atoms with E-state index >= 15 is 0 Å². The number of likely N-dealkylation sites (tertiary alicyclic amines) is 1. The lowest BCUT2D eigenvalue weighted by Crippen LogP contribution is -2.58. The number of esters is 1. The number of amides is 1. The zero-order chi connectivity index (χ0) is 17.1. The van der Waals surface area contributed by atoms with Crippen LogP contribution in [0.25, 0.3) is 0 Å². The Morgan fingerprint density at radius 3 is 2.48 bits per heavy atom. The first kappa shape index (κ1) is 17.3. The first-order chi connectivity index (χ1) is 10.8. The van der Waals surface area contributed by atoms with Crippen molar-refractivity contribution in [3.63, 3.8) is 0 Å². The first-order valence-electron chi connectivity index (χ1n) is 7.41. The molecule has 1 heterocycles. The molecule has 0 aliphatic carbocycles. The number of nitrogens with zero attached hydrogens (tertiary/aromatic N) is 1. The number of halogens is 3. The van der Waals surface area contributed by atoms with Crippen molar-refractivity contribution in [2.75, 3.05) is 13.2 Å². The van der Waals surface area contributed by atoms with E-state index in [1.54, 1.807) is 37.3 Å². The first-order valence-corrected chi connectivity index (χ1v) is 7.41. The molecular formula is C16H18F3NO3. The van der Waals surface area contributed by atoms with Gasteiger partial charge in [-0.3, -0.25) is 4.79 Å². The van der Waals surface area contributed by atoms with Crippen LogP contribution in [0.5, 0.6) is 0 Å². The van der Waals surface area contributed by atoms with Crippen molar-refractivity contribution in [3.8, 4) is 0 Å². The smallest absolute Gasteiger partial charge is 0.464 e. The van der Waals surface area contributed by atoms with E-state index in [1.807, 2.05) is 0 Å². The van der Waals surface area contributed by atoms with E-state index in [1.165, 1.54) is 0 Å². The minimum absolute atomic E-state index is 0.00843. The summed E-state index contributed by atoms with van der Waals surface area (Å²) in [5.74, 6) is -2.77. The largest absolute Gasteiger partial charge is 0.471 e. The van der Waals surface area contributed by atoms with Crippen LogP contribution < -0.4 is 0 Å². The van der Waals surface area contributed by atoms with Gasteiger partial charge in [-0.15, -0.1) is 0 Å². The Kier molecular flexibility index (Phi) is 4.97. The molecule has 0 aromatic heterocycles. The summed E-state index contributed by atoms with van der Waals surface area (Å²) < 4.78 is 43.7. The van der Waals surface area contributed by atoms with Gasteiger partial charge in [-0.25, -0.2) is 4.79 Å². The van der Waals surface area contributed by atoms with Gasteiger partial charge < -0.3 is 9.64 Å². The van der Waals surface area contributed by atoms with Gasteiger partial charge in [0.25, 0.3) is 0 Å². The normalized spacial score (nSPS) is 21.3. The van der Waals surface area contributed by atoms with Gasteiger partial charge in [-0.2, -0.15) is 13.2 Å². The van der Waals surface area contributed by atoms with Crippen LogP contribution >= 0.6 is 0 Å². The Morgan fingerprint density at radius 1 is 1.26 bits per heavy atom. The van der Waals surface area contributed by atoms with Crippen LogP contribution in [0.1, 0.15) is 25.3 Å². The van der Waals surface area contributed by atoms with Gasteiger partial charge in [0.15, 0.2) is 0 Å². The molecule has 1 aliphatic heterocycles. The molecule has 0 radical (unpaired) electrons. The summed E-state index contributed by atoms with van der Waals surface area (Å²) in [7, 11) is 0. The zero-order valence-corrected chi connectivity index (χ0v) is 12.7. The molecule has 4 nitrogen and oxygen atoms in total. The Hall–Kier alpha value is -2.05. The second kappa shape index (κ2) is 6.60. The van der Waals surface area contributed by atoms with E-state index < -0.39 is 23.6 Å². The van der Waals surface area contributed by atoms with Crippen molar-refractivity contribution in [2.24, 2.45) is 0 Å². The number of alkyl halides is 3. The number of hydrogen-bond acceptors (Lipinski definition) is 3. The van der Waals surface area contributed by atoms with Gasteiger partial charge in [-0.1, -0.05) is 30.3 Å². The highest BCUT2D eigenvalue weighted by Crippen LogP contribution is 2.37. The summed E-state index contributed by atoms with van der Waals surface area (Å²) in [5, 5.41) is 0. The summed E-state index contributed by atoms with van der Waals surface area (Å²) in [6.07, 6.45) is -4.52. The van der Waals surface area contributed by atoms with Crippen molar-refractivity contribution in [2.45, 2.75) is 37.9 Å². The van der Waals surface area contributed by atoms with Gasteiger partial charge in [0.05, 0.1) is 6.61 Å². The van der Waals surface area contributed by atoms with E-state index in [-0.39, 0.29) is 26.0 Å². The summed E-state index contributed by atoms with van der Waals surface area (Å²) in [4.78, 5) is 24.8. The predicted octanol–water partition coefficient (Wildman–Crippen LogP) is 2.72. The molecule has 1 aliphatic rings. The third-order valence-corrected chi connectivity index (χ3v) is 3.97. The van der Waals surface area contributed by atoms with Crippen molar-refractivity contribution in [3.05, 3.63) is 35.9 Å². The van der Waals surface area contributed by atoms with Crippen LogP contribution in [-0.4, -0.2) is 41.6 Å². The lowest BCUT2D eigenvalue weighted by atomic mass is 9.88. The van der Waals surface area contributed by atoms with Crippen molar-refractivity contribution < 1.29 is 27.5 Å². The Bertz CT molecular complexity index is 574. The molecule has 0 saturated carbocycles. The Labute approximate surface area is 132 Å². The van der Waals surface area contributed by atoms with Crippen LogP contribution in [-0.2, 0) is 20.7 Å². The van der Waals surface area contributed by atoms with Gasteiger partial charge in [0.2, 0.25) is 0 Å². The van der Waals surface area contributed by atoms with E-state index in [4.69, 9.17) is 4.74 Å². The molecule has 1 fully saturated rings. The average molecular weight is 329 g/mol. The molecule has 1 aromatic rings. The third-order valence-electron chi connectivity index (χ3n) is 3.97. The lowest BCUT2D eigenvalue weighted by Gasteiger charge is -2.36. The van der Waals surface area contributed by atoms with Crippen LogP contribution in [0.3, 0.4) is 0 Å².